The SMILES string of the molecule is CC(N)c1ccc(N2CCCC(C)(O)C2)cc1Cl. The minimum Gasteiger partial charge on any atom is -0.388 e. The molecule has 2 atom stereocenters. The van der Waals surface area contributed by atoms with E-state index in [2.05, 4.69) is 4.90 Å². The number of rotatable bonds is 2. The molecule has 2 unspecified atom stereocenters. The van der Waals surface area contributed by atoms with Gasteiger partial charge in [0.1, 0.15) is 0 Å². The second-order valence-electron chi connectivity index (χ2n) is 5.52. The van der Waals surface area contributed by atoms with Crippen LogP contribution in [0.3, 0.4) is 0 Å². The van der Waals surface area contributed by atoms with Gasteiger partial charge in [-0.15, -0.1) is 0 Å². The van der Waals surface area contributed by atoms with E-state index in [1.54, 1.807) is 0 Å². The fourth-order valence-corrected chi connectivity index (χ4v) is 2.87. The lowest BCUT2D eigenvalue weighted by Crippen LogP contribution is -2.46. The maximum absolute atomic E-state index is 10.1. The summed E-state index contributed by atoms with van der Waals surface area (Å²) in [6.45, 7) is 5.43. The largest absolute Gasteiger partial charge is 0.388 e. The van der Waals surface area contributed by atoms with E-state index >= 15 is 0 Å². The highest BCUT2D eigenvalue weighted by molar-refractivity contribution is 6.31. The van der Waals surface area contributed by atoms with Crippen molar-refractivity contribution in [2.24, 2.45) is 5.73 Å². The Kier molecular flexibility index (Phi) is 3.85. The number of hydrogen-bond acceptors (Lipinski definition) is 3. The Morgan fingerprint density at radius 3 is 2.78 bits per heavy atom. The normalized spacial score (nSPS) is 26.2. The van der Waals surface area contributed by atoms with E-state index < -0.39 is 5.60 Å². The molecular formula is C14H21ClN2O. The number of anilines is 1. The lowest BCUT2D eigenvalue weighted by molar-refractivity contribution is 0.0449. The molecule has 1 saturated heterocycles. The van der Waals surface area contributed by atoms with Crippen LogP contribution in [0, 0.1) is 0 Å². The van der Waals surface area contributed by atoms with Gasteiger partial charge in [-0.2, -0.15) is 0 Å². The predicted octanol–water partition coefficient (Wildman–Crippen LogP) is 2.71. The van der Waals surface area contributed by atoms with Crippen LogP contribution >= 0.6 is 11.6 Å². The van der Waals surface area contributed by atoms with Crippen LogP contribution in [-0.4, -0.2) is 23.8 Å². The summed E-state index contributed by atoms with van der Waals surface area (Å²) in [6.07, 6.45) is 1.86. The van der Waals surface area contributed by atoms with Gasteiger partial charge < -0.3 is 15.7 Å². The zero-order valence-corrected chi connectivity index (χ0v) is 11.7. The molecule has 1 fully saturated rings. The number of nitrogens with zero attached hydrogens (tertiary/aromatic N) is 1. The van der Waals surface area contributed by atoms with E-state index in [0.29, 0.717) is 11.6 Å². The minimum atomic E-state index is -0.607. The van der Waals surface area contributed by atoms with Crippen LogP contribution in [0.2, 0.25) is 5.02 Å². The maximum Gasteiger partial charge on any atom is 0.0794 e. The lowest BCUT2D eigenvalue weighted by Gasteiger charge is -2.38. The zero-order valence-electron chi connectivity index (χ0n) is 11.0. The molecule has 2 rings (SSSR count). The molecule has 0 saturated carbocycles. The minimum absolute atomic E-state index is 0.0592. The third-order valence-electron chi connectivity index (χ3n) is 3.51. The highest BCUT2D eigenvalue weighted by Crippen LogP contribution is 2.30. The van der Waals surface area contributed by atoms with Crippen molar-refractivity contribution in [3.05, 3.63) is 28.8 Å². The molecule has 1 aromatic rings. The second-order valence-corrected chi connectivity index (χ2v) is 5.92. The summed E-state index contributed by atoms with van der Waals surface area (Å²) in [7, 11) is 0. The average Bonchev–Trinajstić information content (AvgIpc) is 2.27. The summed E-state index contributed by atoms with van der Waals surface area (Å²) >= 11 is 6.25. The van der Waals surface area contributed by atoms with E-state index in [4.69, 9.17) is 17.3 Å². The summed E-state index contributed by atoms with van der Waals surface area (Å²) in [5.74, 6) is 0. The first-order valence-corrected chi connectivity index (χ1v) is 6.79. The van der Waals surface area contributed by atoms with Crippen molar-refractivity contribution < 1.29 is 5.11 Å². The molecule has 0 spiro atoms. The molecular weight excluding hydrogens is 248 g/mol. The Morgan fingerprint density at radius 1 is 1.50 bits per heavy atom. The maximum atomic E-state index is 10.1. The van der Waals surface area contributed by atoms with Crippen LogP contribution < -0.4 is 10.6 Å². The molecule has 1 aromatic carbocycles. The van der Waals surface area contributed by atoms with Crippen molar-refractivity contribution >= 4 is 17.3 Å². The van der Waals surface area contributed by atoms with Crippen molar-refractivity contribution in [3.8, 4) is 0 Å². The molecule has 1 heterocycles. The van der Waals surface area contributed by atoms with E-state index in [1.807, 2.05) is 32.0 Å². The quantitative estimate of drug-likeness (QED) is 0.867. The molecule has 0 aromatic heterocycles. The van der Waals surface area contributed by atoms with E-state index in [0.717, 1.165) is 30.6 Å². The van der Waals surface area contributed by atoms with Gasteiger partial charge in [-0.05, 0) is 44.4 Å². The van der Waals surface area contributed by atoms with Crippen molar-refractivity contribution in [2.45, 2.75) is 38.3 Å². The van der Waals surface area contributed by atoms with Gasteiger partial charge in [-0.3, -0.25) is 0 Å². The number of benzene rings is 1. The molecule has 0 radical (unpaired) electrons. The van der Waals surface area contributed by atoms with Crippen molar-refractivity contribution in [1.82, 2.24) is 0 Å². The van der Waals surface area contributed by atoms with E-state index in [1.165, 1.54) is 0 Å². The first kappa shape index (κ1) is 13.7. The van der Waals surface area contributed by atoms with Gasteiger partial charge in [0, 0.05) is 29.8 Å². The van der Waals surface area contributed by atoms with Gasteiger partial charge in [-0.1, -0.05) is 17.7 Å². The van der Waals surface area contributed by atoms with E-state index in [9.17, 15) is 5.11 Å². The van der Waals surface area contributed by atoms with Crippen molar-refractivity contribution in [3.63, 3.8) is 0 Å². The van der Waals surface area contributed by atoms with Crippen LogP contribution in [0.1, 0.15) is 38.3 Å². The number of piperidine rings is 1. The Morgan fingerprint density at radius 2 is 2.22 bits per heavy atom. The average molecular weight is 269 g/mol. The molecule has 3 nitrogen and oxygen atoms in total. The van der Waals surface area contributed by atoms with E-state index in [-0.39, 0.29) is 6.04 Å². The summed E-state index contributed by atoms with van der Waals surface area (Å²) < 4.78 is 0. The standard InChI is InChI=1S/C14H21ClN2O/c1-10(16)12-5-4-11(8-13(12)15)17-7-3-6-14(2,18)9-17/h4-5,8,10,18H,3,6-7,9,16H2,1-2H3. The molecule has 4 heteroatoms. The van der Waals surface area contributed by atoms with Gasteiger partial charge in [0.15, 0.2) is 0 Å². The number of β-amino-alcohol motifs (C(OH)–C–C–N with tert-alkyl or cyclic N) is 1. The van der Waals surface area contributed by atoms with Gasteiger partial charge in [0.25, 0.3) is 0 Å². The summed E-state index contributed by atoms with van der Waals surface area (Å²) in [5.41, 5.74) is 7.26. The molecule has 0 amide bonds. The third kappa shape index (κ3) is 2.97. The Bertz CT molecular complexity index is 432. The second kappa shape index (κ2) is 5.08. The molecule has 1 aliphatic rings. The molecule has 3 N–H and O–H groups in total. The van der Waals surface area contributed by atoms with Gasteiger partial charge in [-0.25, -0.2) is 0 Å². The molecule has 0 bridgehead atoms. The summed E-state index contributed by atoms with van der Waals surface area (Å²) in [5, 5.41) is 10.8. The van der Waals surface area contributed by atoms with Crippen molar-refractivity contribution in [1.29, 1.82) is 0 Å². The first-order chi connectivity index (χ1) is 8.39. The number of aliphatic hydroxyl groups is 1. The topological polar surface area (TPSA) is 49.5 Å². The monoisotopic (exact) mass is 268 g/mol. The smallest absolute Gasteiger partial charge is 0.0794 e. The molecule has 18 heavy (non-hydrogen) atoms. The Balaban J connectivity index is 2.21. The van der Waals surface area contributed by atoms with Gasteiger partial charge in [0.05, 0.1) is 5.60 Å². The van der Waals surface area contributed by atoms with Crippen LogP contribution in [0.5, 0.6) is 0 Å². The highest BCUT2D eigenvalue weighted by Gasteiger charge is 2.28. The molecule has 100 valence electrons. The number of halogens is 1. The zero-order chi connectivity index (χ0) is 13.3. The number of hydrogen-bond donors (Lipinski definition) is 2. The summed E-state index contributed by atoms with van der Waals surface area (Å²) in [6, 6.07) is 5.90. The first-order valence-electron chi connectivity index (χ1n) is 6.41. The summed E-state index contributed by atoms with van der Waals surface area (Å²) in [4.78, 5) is 2.18. The van der Waals surface area contributed by atoms with Gasteiger partial charge in [0.2, 0.25) is 0 Å². The molecule has 0 aliphatic carbocycles. The third-order valence-corrected chi connectivity index (χ3v) is 3.84. The predicted molar refractivity (Wildman–Crippen MR) is 76.1 cm³/mol. The van der Waals surface area contributed by atoms with Crippen LogP contribution in [0.4, 0.5) is 5.69 Å². The highest BCUT2D eigenvalue weighted by atomic mass is 35.5. The van der Waals surface area contributed by atoms with Crippen molar-refractivity contribution in [2.75, 3.05) is 18.0 Å². The Hall–Kier alpha value is -0.770. The lowest BCUT2D eigenvalue weighted by atomic mass is 9.94. The number of nitrogens with two attached hydrogens (primary N) is 1. The fraction of sp³-hybridized carbons (Fsp3) is 0.571. The molecule has 1 aliphatic heterocycles. The van der Waals surface area contributed by atoms with Crippen LogP contribution in [-0.2, 0) is 0 Å². The Labute approximate surface area is 114 Å². The van der Waals surface area contributed by atoms with Gasteiger partial charge >= 0.3 is 0 Å². The van der Waals surface area contributed by atoms with Crippen LogP contribution in [0.25, 0.3) is 0 Å². The fourth-order valence-electron chi connectivity index (χ4n) is 2.52. The van der Waals surface area contributed by atoms with Crippen LogP contribution in [0.15, 0.2) is 18.2 Å².